The number of hydrogen-bond acceptors (Lipinski definition) is 5. The summed E-state index contributed by atoms with van der Waals surface area (Å²) in [6.45, 7) is 3.60. The Labute approximate surface area is 134 Å². The zero-order valence-corrected chi connectivity index (χ0v) is 14.4. The largest absolute Gasteiger partial charge is 0.378 e. The Morgan fingerprint density at radius 1 is 1.53 bits per heavy atom. The Balaban J connectivity index is 0.00000180. The van der Waals surface area contributed by atoms with E-state index in [1.54, 1.807) is 11.3 Å². The molecule has 1 aromatic heterocycles. The second-order valence-electron chi connectivity index (χ2n) is 4.29. The van der Waals surface area contributed by atoms with E-state index in [9.17, 15) is 0 Å². The highest BCUT2D eigenvalue weighted by molar-refractivity contribution is 14.0. The number of morpholine rings is 1. The predicted molar refractivity (Wildman–Crippen MR) is 89.6 cm³/mol. The molecule has 0 spiro atoms. The van der Waals surface area contributed by atoms with Crippen LogP contribution in [0, 0.1) is 0 Å². The molecule has 2 rings (SSSR count). The van der Waals surface area contributed by atoms with Gasteiger partial charge in [-0.15, -0.1) is 35.3 Å². The number of hydrogen-bond donors (Lipinski definition) is 1. The van der Waals surface area contributed by atoms with Crippen molar-refractivity contribution >= 4 is 46.4 Å². The number of aliphatic imine (C=N–C) groups is 1. The van der Waals surface area contributed by atoms with Gasteiger partial charge in [-0.1, -0.05) is 0 Å². The third kappa shape index (κ3) is 4.77. The molecule has 1 aliphatic rings. The molecule has 0 radical (unpaired) electrons. The molecule has 0 amide bonds. The molecule has 8 heteroatoms. The standard InChI is InChI=1S/C11H19N5OS.HI/c1-15(2)11-14-9(8-18-11)7-13-10(12)16-3-5-17-6-4-16;/h8H,3-7H2,1-2H3,(H2,12,13);1H. The van der Waals surface area contributed by atoms with E-state index in [0.29, 0.717) is 12.5 Å². The van der Waals surface area contributed by atoms with E-state index in [1.165, 1.54) is 0 Å². The summed E-state index contributed by atoms with van der Waals surface area (Å²) in [7, 11) is 3.96. The van der Waals surface area contributed by atoms with Crippen molar-refractivity contribution in [3.8, 4) is 0 Å². The van der Waals surface area contributed by atoms with Crippen molar-refractivity contribution in [2.45, 2.75) is 6.54 Å². The average molecular weight is 397 g/mol. The van der Waals surface area contributed by atoms with Crippen LogP contribution >= 0.6 is 35.3 Å². The number of nitrogens with two attached hydrogens (primary N) is 1. The summed E-state index contributed by atoms with van der Waals surface area (Å²) in [4.78, 5) is 12.9. The van der Waals surface area contributed by atoms with E-state index >= 15 is 0 Å². The fraction of sp³-hybridized carbons (Fsp3) is 0.636. The highest BCUT2D eigenvalue weighted by atomic mass is 127. The molecule has 0 unspecified atom stereocenters. The lowest BCUT2D eigenvalue weighted by molar-refractivity contribution is 0.0674. The molecule has 19 heavy (non-hydrogen) atoms. The predicted octanol–water partition coefficient (Wildman–Crippen LogP) is 0.974. The number of nitrogens with zero attached hydrogens (tertiary/aromatic N) is 4. The summed E-state index contributed by atoms with van der Waals surface area (Å²) >= 11 is 1.62. The molecule has 6 nitrogen and oxygen atoms in total. The average Bonchev–Trinajstić information content (AvgIpc) is 2.86. The van der Waals surface area contributed by atoms with Gasteiger partial charge in [0.15, 0.2) is 11.1 Å². The fourth-order valence-corrected chi connectivity index (χ4v) is 2.38. The van der Waals surface area contributed by atoms with Crippen LogP contribution in [0.15, 0.2) is 10.4 Å². The van der Waals surface area contributed by atoms with Crippen molar-refractivity contribution in [2.75, 3.05) is 45.3 Å². The van der Waals surface area contributed by atoms with Gasteiger partial charge in [-0.05, 0) is 0 Å². The minimum absolute atomic E-state index is 0. The first-order valence-corrected chi connectivity index (χ1v) is 6.79. The summed E-state index contributed by atoms with van der Waals surface area (Å²) in [5.74, 6) is 0.581. The van der Waals surface area contributed by atoms with E-state index in [-0.39, 0.29) is 24.0 Å². The molecule has 1 aliphatic heterocycles. The van der Waals surface area contributed by atoms with Gasteiger partial charge in [0, 0.05) is 32.6 Å². The number of rotatable bonds is 3. The molecule has 1 saturated heterocycles. The van der Waals surface area contributed by atoms with Crippen LogP contribution in [0.2, 0.25) is 0 Å². The molecule has 1 fully saturated rings. The van der Waals surface area contributed by atoms with Crippen LogP contribution < -0.4 is 10.6 Å². The molecule has 1 aromatic rings. The zero-order valence-electron chi connectivity index (χ0n) is 11.2. The second-order valence-corrected chi connectivity index (χ2v) is 5.13. The highest BCUT2D eigenvalue weighted by Gasteiger charge is 2.12. The summed E-state index contributed by atoms with van der Waals surface area (Å²) in [5, 5.41) is 3.01. The first-order chi connectivity index (χ1) is 8.66. The van der Waals surface area contributed by atoms with Gasteiger partial charge in [0.1, 0.15) is 0 Å². The quantitative estimate of drug-likeness (QED) is 0.468. The number of thiazole rings is 1. The molecule has 0 atom stereocenters. The Bertz CT molecular complexity index is 417. The molecular formula is C11H20IN5OS. The van der Waals surface area contributed by atoms with E-state index in [0.717, 1.165) is 37.1 Å². The second kappa shape index (κ2) is 7.85. The van der Waals surface area contributed by atoms with Gasteiger partial charge >= 0.3 is 0 Å². The van der Waals surface area contributed by atoms with Crippen molar-refractivity contribution in [3.63, 3.8) is 0 Å². The lowest BCUT2D eigenvalue weighted by Gasteiger charge is -2.27. The SMILES string of the molecule is CN(C)c1nc(CN=C(N)N2CCOCC2)cs1.I. The zero-order chi connectivity index (χ0) is 13.0. The molecular weight excluding hydrogens is 377 g/mol. The van der Waals surface area contributed by atoms with Crippen molar-refractivity contribution < 1.29 is 4.74 Å². The van der Waals surface area contributed by atoms with Crippen molar-refractivity contribution in [3.05, 3.63) is 11.1 Å². The smallest absolute Gasteiger partial charge is 0.191 e. The van der Waals surface area contributed by atoms with E-state index < -0.39 is 0 Å². The topological polar surface area (TPSA) is 67.0 Å². The monoisotopic (exact) mass is 397 g/mol. The van der Waals surface area contributed by atoms with Crippen LogP contribution in [0.3, 0.4) is 0 Å². The molecule has 0 aromatic carbocycles. The number of aromatic nitrogens is 1. The van der Waals surface area contributed by atoms with Gasteiger partial charge in [-0.25, -0.2) is 9.98 Å². The first kappa shape index (κ1) is 16.4. The third-order valence-electron chi connectivity index (χ3n) is 2.66. The lowest BCUT2D eigenvalue weighted by Crippen LogP contribution is -2.44. The van der Waals surface area contributed by atoms with Crippen molar-refractivity contribution in [1.29, 1.82) is 0 Å². The number of halogens is 1. The molecule has 2 N–H and O–H groups in total. The van der Waals surface area contributed by atoms with E-state index in [4.69, 9.17) is 10.5 Å². The highest BCUT2D eigenvalue weighted by Crippen LogP contribution is 2.18. The van der Waals surface area contributed by atoms with E-state index in [2.05, 4.69) is 9.98 Å². The van der Waals surface area contributed by atoms with Gasteiger partial charge in [-0.2, -0.15) is 0 Å². The Morgan fingerprint density at radius 2 is 2.21 bits per heavy atom. The van der Waals surface area contributed by atoms with Gasteiger partial charge in [0.05, 0.1) is 25.5 Å². The summed E-state index contributed by atoms with van der Waals surface area (Å²) < 4.78 is 5.27. The van der Waals surface area contributed by atoms with Gasteiger partial charge in [0.2, 0.25) is 0 Å². The minimum atomic E-state index is 0. The van der Waals surface area contributed by atoms with Crippen LogP contribution in [0.5, 0.6) is 0 Å². The van der Waals surface area contributed by atoms with Crippen LogP contribution in [-0.4, -0.2) is 56.2 Å². The maximum absolute atomic E-state index is 5.95. The van der Waals surface area contributed by atoms with Crippen molar-refractivity contribution in [2.24, 2.45) is 10.7 Å². The Kier molecular flexibility index (Phi) is 6.80. The summed E-state index contributed by atoms with van der Waals surface area (Å²) in [6.07, 6.45) is 0. The maximum atomic E-state index is 5.95. The Morgan fingerprint density at radius 3 is 2.79 bits per heavy atom. The molecule has 0 bridgehead atoms. The normalized spacial score (nSPS) is 16.1. The van der Waals surface area contributed by atoms with Crippen LogP contribution in [0.25, 0.3) is 0 Å². The first-order valence-electron chi connectivity index (χ1n) is 5.91. The third-order valence-corrected chi connectivity index (χ3v) is 3.72. The fourth-order valence-electron chi connectivity index (χ4n) is 1.63. The van der Waals surface area contributed by atoms with Crippen LogP contribution in [-0.2, 0) is 11.3 Å². The molecule has 108 valence electrons. The van der Waals surface area contributed by atoms with Crippen molar-refractivity contribution in [1.82, 2.24) is 9.88 Å². The number of guanidine groups is 1. The number of anilines is 1. The minimum Gasteiger partial charge on any atom is -0.378 e. The maximum Gasteiger partial charge on any atom is 0.191 e. The molecule has 0 aliphatic carbocycles. The Hall–Kier alpha value is -0.610. The van der Waals surface area contributed by atoms with Crippen LogP contribution in [0.1, 0.15) is 5.69 Å². The van der Waals surface area contributed by atoms with Gasteiger partial charge < -0.3 is 20.3 Å². The summed E-state index contributed by atoms with van der Waals surface area (Å²) in [6, 6.07) is 0. The molecule has 0 saturated carbocycles. The number of ether oxygens (including phenoxy) is 1. The van der Waals surface area contributed by atoms with Gasteiger partial charge in [0.25, 0.3) is 0 Å². The van der Waals surface area contributed by atoms with Crippen LogP contribution in [0.4, 0.5) is 5.13 Å². The van der Waals surface area contributed by atoms with E-state index in [1.807, 2.05) is 29.3 Å². The van der Waals surface area contributed by atoms with Gasteiger partial charge in [-0.3, -0.25) is 0 Å². The summed E-state index contributed by atoms with van der Waals surface area (Å²) in [5.41, 5.74) is 6.91. The lowest BCUT2D eigenvalue weighted by atomic mass is 10.4. The molecule has 2 heterocycles.